The maximum absolute atomic E-state index is 13.1. The first kappa shape index (κ1) is 17.6. The lowest BCUT2D eigenvalue weighted by molar-refractivity contribution is -0.134. The van der Waals surface area contributed by atoms with Crippen molar-refractivity contribution in [1.29, 1.82) is 0 Å². The molecule has 0 spiro atoms. The van der Waals surface area contributed by atoms with E-state index in [2.05, 4.69) is 55.3 Å². The van der Waals surface area contributed by atoms with Crippen molar-refractivity contribution in [3.63, 3.8) is 0 Å². The molecule has 4 rings (SSSR count). The van der Waals surface area contributed by atoms with Crippen LogP contribution >= 0.6 is 0 Å². The minimum absolute atomic E-state index is 0.0190. The van der Waals surface area contributed by atoms with Gasteiger partial charge in [0.25, 0.3) is 0 Å². The summed E-state index contributed by atoms with van der Waals surface area (Å²) in [7, 11) is 0. The molecular formula is C22H31N3O. The van der Waals surface area contributed by atoms with E-state index in [-0.39, 0.29) is 11.8 Å². The summed E-state index contributed by atoms with van der Waals surface area (Å²) < 4.78 is 0. The van der Waals surface area contributed by atoms with E-state index in [1.54, 1.807) is 0 Å². The van der Waals surface area contributed by atoms with Crippen LogP contribution in [0.4, 0.5) is 5.69 Å². The summed E-state index contributed by atoms with van der Waals surface area (Å²) in [6.07, 6.45) is 4.61. The van der Waals surface area contributed by atoms with E-state index < -0.39 is 0 Å². The van der Waals surface area contributed by atoms with Crippen LogP contribution in [-0.2, 0) is 4.79 Å². The fourth-order valence-corrected chi connectivity index (χ4v) is 5.17. The van der Waals surface area contributed by atoms with Crippen molar-refractivity contribution in [1.82, 2.24) is 9.80 Å². The van der Waals surface area contributed by atoms with Crippen LogP contribution in [-0.4, -0.2) is 54.5 Å². The monoisotopic (exact) mass is 353 g/mol. The van der Waals surface area contributed by atoms with Crippen molar-refractivity contribution >= 4 is 17.2 Å². The molecule has 140 valence electrons. The highest BCUT2D eigenvalue weighted by Gasteiger charge is 2.41. The topological polar surface area (TPSA) is 35.6 Å². The van der Waals surface area contributed by atoms with E-state index in [9.17, 15) is 4.79 Å². The van der Waals surface area contributed by atoms with Gasteiger partial charge in [-0.15, -0.1) is 0 Å². The van der Waals surface area contributed by atoms with Crippen LogP contribution in [0.25, 0.3) is 5.57 Å². The lowest BCUT2D eigenvalue weighted by Crippen LogP contribution is -2.49. The number of rotatable bonds is 5. The Balaban J connectivity index is 1.76. The molecular weight excluding hydrogens is 322 g/mol. The molecule has 0 saturated heterocycles. The van der Waals surface area contributed by atoms with Gasteiger partial charge in [0.1, 0.15) is 0 Å². The molecule has 0 radical (unpaired) electrons. The van der Waals surface area contributed by atoms with E-state index in [1.807, 2.05) is 4.90 Å². The molecule has 1 aromatic carbocycles. The number of anilines is 1. The molecule has 3 atom stereocenters. The van der Waals surface area contributed by atoms with Gasteiger partial charge < -0.3 is 10.2 Å². The van der Waals surface area contributed by atoms with E-state index >= 15 is 0 Å². The van der Waals surface area contributed by atoms with E-state index in [0.717, 1.165) is 39.1 Å². The Bertz CT molecular complexity index is 722. The predicted octanol–water partition coefficient (Wildman–Crippen LogP) is 3.56. The summed E-state index contributed by atoms with van der Waals surface area (Å²) in [6.45, 7) is 11.0. The second-order valence-electron chi connectivity index (χ2n) is 7.83. The van der Waals surface area contributed by atoms with Crippen molar-refractivity contribution in [2.24, 2.45) is 5.92 Å². The number of carbonyl (C=O) groups excluding carboxylic acids is 1. The molecule has 2 heterocycles. The Morgan fingerprint density at radius 1 is 1.27 bits per heavy atom. The molecule has 3 aliphatic rings. The third-order valence-electron chi connectivity index (χ3n) is 6.39. The van der Waals surface area contributed by atoms with Crippen LogP contribution in [0.2, 0.25) is 0 Å². The average molecular weight is 354 g/mol. The number of amides is 1. The largest absolute Gasteiger partial charge is 0.384 e. The van der Waals surface area contributed by atoms with Gasteiger partial charge in [-0.05, 0) is 56.0 Å². The molecule has 1 aromatic rings. The summed E-state index contributed by atoms with van der Waals surface area (Å²) in [4.78, 5) is 17.6. The number of fused-ring (bicyclic) bond motifs is 2. The predicted molar refractivity (Wildman–Crippen MR) is 107 cm³/mol. The first-order chi connectivity index (χ1) is 12.7. The second-order valence-corrected chi connectivity index (χ2v) is 7.83. The molecule has 1 amide bonds. The number of hydrogen-bond acceptors (Lipinski definition) is 3. The number of carbonyl (C=O) groups is 1. The van der Waals surface area contributed by atoms with Crippen LogP contribution in [0.1, 0.15) is 50.7 Å². The SMILES string of the molecule is CCCN1C[C@H](C(=O)N(CC)CC)C=C2c3cccc4c3C(CN4)C[C@H]21. The molecule has 0 fully saturated rings. The quantitative estimate of drug-likeness (QED) is 0.879. The zero-order valence-corrected chi connectivity index (χ0v) is 16.3. The van der Waals surface area contributed by atoms with Gasteiger partial charge in [0.2, 0.25) is 5.91 Å². The van der Waals surface area contributed by atoms with Gasteiger partial charge in [0, 0.05) is 43.8 Å². The molecule has 1 N–H and O–H groups in total. The molecule has 26 heavy (non-hydrogen) atoms. The standard InChI is InChI=1S/C22H31N3O/c1-4-10-25-14-16(22(26)24(5-2)6-3)11-18-17-8-7-9-19-21(17)15(13-23-19)12-20(18)25/h7-9,11,15-16,20,23H,4-6,10,12-14H2,1-3H3/t15?,16-,20-/m1/s1. The number of nitrogens with one attached hydrogen (secondary N) is 1. The first-order valence-electron chi connectivity index (χ1n) is 10.3. The highest BCUT2D eigenvalue weighted by molar-refractivity contribution is 5.87. The summed E-state index contributed by atoms with van der Waals surface area (Å²) in [5.41, 5.74) is 5.56. The second kappa shape index (κ2) is 7.07. The van der Waals surface area contributed by atoms with Crippen molar-refractivity contribution in [2.45, 2.75) is 45.6 Å². The number of benzene rings is 1. The molecule has 4 nitrogen and oxygen atoms in total. The van der Waals surface area contributed by atoms with Gasteiger partial charge in [0.15, 0.2) is 0 Å². The highest BCUT2D eigenvalue weighted by Crippen LogP contribution is 2.48. The first-order valence-corrected chi connectivity index (χ1v) is 10.3. The van der Waals surface area contributed by atoms with Crippen LogP contribution in [0.3, 0.4) is 0 Å². The third kappa shape index (κ3) is 2.75. The van der Waals surface area contributed by atoms with Gasteiger partial charge in [-0.2, -0.15) is 0 Å². The molecule has 4 heteroatoms. The lowest BCUT2D eigenvalue weighted by Gasteiger charge is -2.44. The fraction of sp³-hybridized carbons (Fsp3) is 0.591. The van der Waals surface area contributed by atoms with Crippen LogP contribution < -0.4 is 5.32 Å². The fourth-order valence-electron chi connectivity index (χ4n) is 5.17. The zero-order chi connectivity index (χ0) is 18.3. The molecule has 0 saturated carbocycles. The van der Waals surface area contributed by atoms with Crippen LogP contribution in [0.5, 0.6) is 0 Å². The summed E-state index contributed by atoms with van der Waals surface area (Å²) in [6, 6.07) is 7.09. The van der Waals surface area contributed by atoms with E-state index in [0.29, 0.717) is 12.0 Å². The Morgan fingerprint density at radius 3 is 2.81 bits per heavy atom. The summed E-state index contributed by atoms with van der Waals surface area (Å²) in [5, 5.41) is 3.59. The average Bonchev–Trinajstić information content (AvgIpc) is 3.08. The zero-order valence-electron chi connectivity index (χ0n) is 16.3. The van der Waals surface area contributed by atoms with Gasteiger partial charge in [-0.1, -0.05) is 25.1 Å². The summed E-state index contributed by atoms with van der Waals surface area (Å²) in [5.74, 6) is 0.877. The van der Waals surface area contributed by atoms with Crippen molar-refractivity contribution in [3.05, 3.63) is 35.4 Å². The van der Waals surface area contributed by atoms with E-state index in [4.69, 9.17) is 0 Å². The third-order valence-corrected chi connectivity index (χ3v) is 6.39. The van der Waals surface area contributed by atoms with Crippen LogP contribution in [0, 0.1) is 5.92 Å². The minimum Gasteiger partial charge on any atom is -0.384 e. The number of nitrogens with zero attached hydrogens (tertiary/aromatic N) is 2. The smallest absolute Gasteiger partial charge is 0.230 e. The Hall–Kier alpha value is -1.81. The van der Waals surface area contributed by atoms with Crippen molar-refractivity contribution in [2.75, 3.05) is 38.0 Å². The maximum atomic E-state index is 13.1. The molecule has 0 bridgehead atoms. The van der Waals surface area contributed by atoms with Gasteiger partial charge >= 0.3 is 0 Å². The van der Waals surface area contributed by atoms with E-state index in [1.165, 1.54) is 28.8 Å². The summed E-state index contributed by atoms with van der Waals surface area (Å²) >= 11 is 0. The Kier molecular flexibility index (Phi) is 4.78. The Labute approximate surface area is 157 Å². The Morgan fingerprint density at radius 2 is 2.08 bits per heavy atom. The molecule has 2 aliphatic heterocycles. The van der Waals surface area contributed by atoms with Gasteiger partial charge in [-0.25, -0.2) is 0 Å². The molecule has 0 aromatic heterocycles. The highest BCUT2D eigenvalue weighted by atomic mass is 16.2. The normalized spacial score (nSPS) is 26.6. The van der Waals surface area contributed by atoms with Crippen molar-refractivity contribution < 1.29 is 4.79 Å². The van der Waals surface area contributed by atoms with Gasteiger partial charge in [-0.3, -0.25) is 9.69 Å². The van der Waals surface area contributed by atoms with Crippen molar-refractivity contribution in [3.8, 4) is 0 Å². The molecule has 1 unspecified atom stereocenters. The molecule has 1 aliphatic carbocycles. The minimum atomic E-state index is -0.0190. The van der Waals surface area contributed by atoms with Gasteiger partial charge in [0.05, 0.1) is 5.92 Å². The van der Waals surface area contributed by atoms with Crippen LogP contribution in [0.15, 0.2) is 24.3 Å². The number of hydrogen-bond donors (Lipinski definition) is 1. The maximum Gasteiger partial charge on any atom is 0.230 e. The lowest BCUT2D eigenvalue weighted by atomic mass is 9.74.